The van der Waals surface area contributed by atoms with Crippen LogP contribution in [0.3, 0.4) is 0 Å². The molecule has 0 aromatic heterocycles. The van der Waals surface area contributed by atoms with E-state index in [1.165, 1.54) is 51.4 Å². The first kappa shape index (κ1) is 13.1. The number of unbranched alkanes of at least 4 members (excludes halogenated alkanes) is 4. The van der Waals surface area contributed by atoms with Crippen LogP contribution in [-0.4, -0.2) is 19.0 Å². The minimum atomic E-state index is 0.212. The van der Waals surface area contributed by atoms with Gasteiger partial charge < -0.3 is 9.53 Å². The number of rotatable bonds is 8. The fourth-order valence-corrected chi connectivity index (χ4v) is 3.64. The van der Waals surface area contributed by atoms with Gasteiger partial charge in [0.1, 0.15) is 6.29 Å². The Kier molecular flexibility index (Phi) is 5.02. The second-order valence-electron chi connectivity index (χ2n) is 5.80. The van der Waals surface area contributed by atoms with Crippen molar-refractivity contribution < 1.29 is 9.53 Å². The zero-order valence-electron chi connectivity index (χ0n) is 11.1. The maximum absolute atomic E-state index is 11.1. The maximum atomic E-state index is 11.1. The molecule has 2 rings (SSSR count). The van der Waals surface area contributed by atoms with Gasteiger partial charge in [-0.2, -0.15) is 0 Å². The molecule has 0 radical (unpaired) electrons. The average Bonchev–Trinajstić information content (AvgIpc) is 2.93. The smallest absolute Gasteiger partial charge is 0.125 e. The largest absolute Gasteiger partial charge is 0.377 e. The van der Waals surface area contributed by atoms with Crippen molar-refractivity contribution in [1.29, 1.82) is 0 Å². The third-order valence-corrected chi connectivity index (χ3v) is 4.62. The molecule has 2 fully saturated rings. The van der Waals surface area contributed by atoms with Gasteiger partial charge in [-0.05, 0) is 37.5 Å². The highest BCUT2D eigenvalue weighted by atomic mass is 16.5. The van der Waals surface area contributed by atoms with Crippen LogP contribution in [0.2, 0.25) is 0 Å². The summed E-state index contributed by atoms with van der Waals surface area (Å²) in [5, 5.41) is 0. The van der Waals surface area contributed by atoms with E-state index in [2.05, 4.69) is 6.92 Å². The summed E-state index contributed by atoms with van der Waals surface area (Å²) in [6.07, 6.45) is 11.6. The summed E-state index contributed by atoms with van der Waals surface area (Å²) in [4.78, 5) is 11.1. The Bertz CT molecular complexity index is 239. The van der Waals surface area contributed by atoms with Crippen molar-refractivity contribution in [1.82, 2.24) is 0 Å². The fourth-order valence-electron chi connectivity index (χ4n) is 3.64. The summed E-state index contributed by atoms with van der Waals surface area (Å²) in [5.74, 6) is 1.54. The molecule has 4 atom stereocenters. The summed E-state index contributed by atoms with van der Waals surface area (Å²) in [6, 6.07) is 0. The number of aldehydes is 1. The molecule has 0 aromatic carbocycles. The minimum absolute atomic E-state index is 0.212. The zero-order valence-corrected chi connectivity index (χ0v) is 11.1. The lowest BCUT2D eigenvalue weighted by Gasteiger charge is -2.27. The topological polar surface area (TPSA) is 26.3 Å². The quantitative estimate of drug-likeness (QED) is 0.477. The Labute approximate surface area is 105 Å². The molecule has 2 nitrogen and oxygen atoms in total. The van der Waals surface area contributed by atoms with Gasteiger partial charge in [0.05, 0.1) is 6.10 Å². The van der Waals surface area contributed by atoms with E-state index >= 15 is 0 Å². The van der Waals surface area contributed by atoms with Crippen molar-refractivity contribution in [2.75, 3.05) is 6.61 Å². The number of ether oxygens (including phenoxy) is 1. The van der Waals surface area contributed by atoms with Gasteiger partial charge in [0, 0.05) is 12.5 Å². The van der Waals surface area contributed by atoms with Gasteiger partial charge in [-0.25, -0.2) is 0 Å². The van der Waals surface area contributed by atoms with Crippen LogP contribution in [0.4, 0.5) is 0 Å². The molecular weight excluding hydrogens is 212 g/mol. The standard InChI is InChI=1S/C15H26O2/c1-2-3-4-5-6-9-17-15-13-8-7-12(10-13)14(15)11-16/h11-15H,2-10H2,1H3/t12-,13+,14-,15+/m1/s1. The van der Waals surface area contributed by atoms with Crippen LogP contribution in [-0.2, 0) is 9.53 Å². The first-order valence-corrected chi connectivity index (χ1v) is 7.43. The molecule has 17 heavy (non-hydrogen) atoms. The summed E-state index contributed by atoms with van der Waals surface area (Å²) in [5.41, 5.74) is 0. The molecule has 0 saturated heterocycles. The van der Waals surface area contributed by atoms with Crippen LogP contribution >= 0.6 is 0 Å². The van der Waals surface area contributed by atoms with Crippen LogP contribution in [0.5, 0.6) is 0 Å². The van der Waals surface area contributed by atoms with E-state index in [0.717, 1.165) is 12.9 Å². The molecule has 2 aliphatic carbocycles. The molecule has 0 amide bonds. The van der Waals surface area contributed by atoms with Gasteiger partial charge in [0.15, 0.2) is 0 Å². The first-order valence-electron chi connectivity index (χ1n) is 7.43. The summed E-state index contributed by atoms with van der Waals surface area (Å²) < 4.78 is 5.99. The van der Waals surface area contributed by atoms with E-state index < -0.39 is 0 Å². The van der Waals surface area contributed by atoms with E-state index in [9.17, 15) is 4.79 Å². The molecule has 2 bridgehead atoms. The number of hydrogen-bond donors (Lipinski definition) is 0. The number of carbonyl (C=O) groups is 1. The van der Waals surface area contributed by atoms with Crippen LogP contribution in [0.1, 0.15) is 58.3 Å². The lowest BCUT2D eigenvalue weighted by molar-refractivity contribution is -0.118. The monoisotopic (exact) mass is 238 g/mol. The Morgan fingerprint density at radius 3 is 2.65 bits per heavy atom. The predicted molar refractivity (Wildman–Crippen MR) is 68.9 cm³/mol. The SMILES string of the molecule is CCCCCCCO[C@H]1[C@H]2CC[C@H](C2)[C@H]1C=O. The molecular formula is C15H26O2. The van der Waals surface area contributed by atoms with Gasteiger partial charge in [-0.15, -0.1) is 0 Å². The Hall–Kier alpha value is -0.370. The van der Waals surface area contributed by atoms with Crippen LogP contribution in [0, 0.1) is 17.8 Å². The Morgan fingerprint density at radius 1 is 1.12 bits per heavy atom. The highest BCUT2D eigenvalue weighted by molar-refractivity contribution is 5.56. The minimum Gasteiger partial charge on any atom is -0.377 e. The van der Waals surface area contributed by atoms with Gasteiger partial charge >= 0.3 is 0 Å². The van der Waals surface area contributed by atoms with Crippen molar-refractivity contribution in [2.24, 2.45) is 17.8 Å². The molecule has 0 aromatic rings. The third kappa shape index (κ3) is 3.09. The molecule has 2 heteroatoms. The number of hydrogen-bond acceptors (Lipinski definition) is 2. The lowest BCUT2D eigenvalue weighted by atomic mass is 9.87. The summed E-state index contributed by atoms with van der Waals surface area (Å²) in [6.45, 7) is 3.10. The van der Waals surface area contributed by atoms with Crippen molar-refractivity contribution in [3.8, 4) is 0 Å². The second kappa shape index (κ2) is 6.53. The molecule has 2 saturated carbocycles. The highest BCUT2D eigenvalue weighted by Gasteiger charge is 2.48. The van der Waals surface area contributed by atoms with Gasteiger partial charge in [-0.3, -0.25) is 0 Å². The van der Waals surface area contributed by atoms with Gasteiger partial charge in [0.2, 0.25) is 0 Å². The van der Waals surface area contributed by atoms with E-state index in [-0.39, 0.29) is 12.0 Å². The molecule has 0 spiro atoms. The molecule has 0 aliphatic heterocycles. The van der Waals surface area contributed by atoms with E-state index in [0.29, 0.717) is 11.8 Å². The first-order chi connectivity index (χ1) is 8.36. The molecule has 0 unspecified atom stereocenters. The zero-order chi connectivity index (χ0) is 12.1. The highest BCUT2D eigenvalue weighted by Crippen LogP contribution is 2.49. The predicted octanol–water partition coefficient (Wildman–Crippen LogP) is 3.59. The number of carbonyl (C=O) groups excluding carboxylic acids is 1. The normalized spacial score (nSPS) is 35.4. The van der Waals surface area contributed by atoms with Crippen LogP contribution < -0.4 is 0 Å². The molecule has 0 N–H and O–H groups in total. The second-order valence-corrected chi connectivity index (χ2v) is 5.80. The van der Waals surface area contributed by atoms with E-state index in [1.54, 1.807) is 0 Å². The van der Waals surface area contributed by atoms with Gasteiger partial charge in [0.25, 0.3) is 0 Å². The van der Waals surface area contributed by atoms with E-state index in [1.807, 2.05) is 0 Å². The van der Waals surface area contributed by atoms with Crippen LogP contribution in [0.15, 0.2) is 0 Å². The molecule has 0 heterocycles. The lowest BCUT2D eigenvalue weighted by Crippen LogP contribution is -2.31. The Morgan fingerprint density at radius 2 is 1.88 bits per heavy atom. The molecule has 2 aliphatic rings. The maximum Gasteiger partial charge on any atom is 0.125 e. The van der Waals surface area contributed by atoms with Crippen molar-refractivity contribution >= 4 is 6.29 Å². The van der Waals surface area contributed by atoms with E-state index in [4.69, 9.17) is 4.74 Å². The third-order valence-electron chi connectivity index (χ3n) is 4.62. The Balaban J connectivity index is 1.63. The van der Waals surface area contributed by atoms with Gasteiger partial charge in [-0.1, -0.05) is 32.6 Å². The summed E-state index contributed by atoms with van der Waals surface area (Å²) in [7, 11) is 0. The number of fused-ring (bicyclic) bond motifs is 2. The summed E-state index contributed by atoms with van der Waals surface area (Å²) >= 11 is 0. The van der Waals surface area contributed by atoms with Crippen molar-refractivity contribution in [3.63, 3.8) is 0 Å². The fraction of sp³-hybridized carbons (Fsp3) is 0.933. The average molecular weight is 238 g/mol. The van der Waals surface area contributed by atoms with Crippen LogP contribution in [0.25, 0.3) is 0 Å². The van der Waals surface area contributed by atoms with Crippen molar-refractivity contribution in [3.05, 3.63) is 0 Å². The van der Waals surface area contributed by atoms with Crippen molar-refractivity contribution in [2.45, 2.75) is 64.4 Å². The molecule has 98 valence electrons.